The van der Waals surface area contributed by atoms with Gasteiger partial charge in [0.25, 0.3) is 0 Å². The largest absolute Gasteiger partial charge is 0 e. The number of hydrogen-bond acceptors (Lipinski definition) is 4. The summed E-state index contributed by atoms with van der Waals surface area (Å²) in [6, 6.07) is 0. The first-order valence-electron chi connectivity index (χ1n) is 12.2. The van der Waals surface area contributed by atoms with Crippen LogP contribution < -0.4 is 0 Å². The van der Waals surface area contributed by atoms with Gasteiger partial charge in [-0.05, 0) is 0 Å². The van der Waals surface area contributed by atoms with Crippen molar-refractivity contribution >= 4 is 18.9 Å². The predicted molar refractivity (Wildman–Crippen MR) is 125 cm³/mol. The molecule has 182 valence electrons. The summed E-state index contributed by atoms with van der Waals surface area (Å²) < 4.78 is 23.2. The molecule has 0 saturated carbocycles. The molecule has 4 nitrogen and oxygen atoms in total. The van der Waals surface area contributed by atoms with Crippen LogP contribution in [0.3, 0.4) is 0 Å². The maximum absolute atomic E-state index is 5.79. The molecule has 0 heterocycles. The Kier molecular flexibility index (Phi) is 30.9. The molecule has 0 bridgehead atoms. The van der Waals surface area contributed by atoms with Crippen molar-refractivity contribution in [2.45, 2.75) is 128 Å². The minimum atomic E-state index is 0. The molecule has 0 rings (SSSR count). The minimum absolute atomic E-state index is 0. The molecule has 0 N–H and O–H groups in total. The van der Waals surface area contributed by atoms with Crippen LogP contribution in [0.25, 0.3) is 0 Å². The van der Waals surface area contributed by atoms with Gasteiger partial charge in [-0.1, -0.05) is 0 Å². The standard InChI is InChI=1S/2C12H25O2.Cu.Li/c2*1-4-7-8-9-12(13-10-5-2)14-11-6-3;;/h2*12H,1,4-11H2,2-3H3;;. The van der Waals surface area contributed by atoms with Gasteiger partial charge in [-0.2, -0.15) is 0 Å². The average Bonchev–Trinajstić information content (AvgIpc) is 2.74. The number of unbranched alkanes of at least 4 members (excludes halogenated alkanes) is 4. The van der Waals surface area contributed by atoms with Gasteiger partial charge in [0.1, 0.15) is 0 Å². The molecule has 0 aliphatic rings. The first-order chi connectivity index (χ1) is 14.3. The van der Waals surface area contributed by atoms with E-state index < -0.39 is 0 Å². The number of ether oxygens (including phenoxy) is 4. The van der Waals surface area contributed by atoms with Crippen LogP contribution in [0.2, 0.25) is 10.6 Å². The van der Waals surface area contributed by atoms with Crippen LogP contribution in [0.15, 0.2) is 0 Å². The molecule has 0 unspecified atom stereocenters. The molecule has 0 saturated heterocycles. The Hall–Kier alpha value is 0.957. The third-order valence-corrected chi connectivity index (χ3v) is 5.67. The average molecular weight is 473 g/mol. The molecule has 1 radical (unpaired) electrons. The van der Waals surface area contributed by atoms with Crippen LogP contribution in [-0.2, 0) is 33.9 Å². The van der Waals surface area contributed by atoms with Gasteiger partial charge in [0.15, 0.2) is 0 Å². The summed E-state index contributed by atoms with van der Waals surface area (Å²) in [5.74, 6) is 0. The SMILES string of the molecule is CCCOC(CCCC[CH2][Cu][CH2]CCCCC(OCCC)OCCC)OCCC.[Li]. The van der Waals surface area contributed by atoms with Crippen molar-refractivity contribution < 1.29 is 33.9 Å². The predicted octanol–water partition coefficient (Wildman–Crippen LogP) is 7.00. The Balaban J connectivity index is 0. The van der Waals surface area contributed by atoms with Crippen LogP contribution in [-0.4, -0.2) is 57.9 Å². The van der Waals surface area contributed by atoms with E-state index in [1.807, 2.05) is 0 Å². The van der Waals surface area contributed by atoms with Gasteiger partial charge in [-0.15, -0.1) is 0 Å². The van der Waals surface area contributed by atoms with Gasteiger partial charge in [0, 0.05) is 18.9 Å². The molecule has 0 aromatic heterocycles. The Morgan fingerprint density at radius 1 is 0.500 bits per heavy atom. The fraction of sp³-hybridized carbons (Fsp3) is 1.00. The minimum Gasteiger partial charge on any atom is 0 e. The van der Waals surface area contributed by atoms with E-state index in [9.17, 15) is 0 Å². The van der Waals surface area contributed by atoms with Gasteiger partial charge >= 0.3 is 188 Å². The molecule has 0 aromatic rings. The fourth-order valence-electron chi connectivity index (χ4n) is 2.78. The van der Waals surface area contributed by atoms with E-state index >= 15 is 0 Å². The topological polar surface area (TPSA) is 36.9 Å². The van der Waals surface area contributed by atoms with E-state index in [4.69, 9.17) is 18.9 Å². The molecule has 0 fully saturated rings. The monoisotopic (exact) mass is 472 g/mol. The molecule has 0 spiro atoms. The molecule has 0 aliphatic heterocycles. The van der Waals surface area contributed by atoms with Gasteiger partial charge in [0.05, 0.1) is 0 Å². The van der Waals surface area contributed by atoms with E-state index in [0.717, 1.165) is 65.0 Å². The third kappa shape index (κ3) is 23.6. The van der Waals surface area contributed by atoms with Crippen LogP contribution in [0.5, 0.6) is 0 Å². The molecule has 6 heteroatoms. The van der Waals surface area contributed by atoms with Crippen molar-refractivity contribution in [2.24, 2.45) is 0 Å². The fourth-order valence-corrected chi connectivity index (χ4v) is 3.96. The molecular weight excluding hydrogens is 423 g/mol. The Bertz CT molecular complexity index is 267. The summed E-state index contributed by atoms with van der Waals surface area (Å²) >= 11 is 2.19. The Labute approximate surface area is 206 Å². The van der Waals surface area contributed by atoms with E-state index in [1.54, 1.807) is 0 Å². The summed E-state index contributed by atoms with van der Waals surface area (Å²) in [7, 11) is 0. The Morgan fingerprint density at radius 3 is 1.13 bits per heavy atom. The second-order valence-corrected chi connectivity index (χ2v) is 8.91. The van der Waals surface area contributed by atoms with Gasteiger partial charge < -0.3 is 0 Å². The molecule has 0 atom stereocenters. The zero-order valence-corrected chi connectivity index (χ0v) is 21.8. The number of rotatable bonds is 24. The quantitative estimate of drug-likeness (QED) is 0.0860. The van der Waals surface area contributed by atoms with E-state index in [1.165, 1.54) is 49.2 Å². The van der Waals surface area contributed by atoms with Crippen molar-refractivity contribution in [3.63, 3.8) is 0 Å². The van der Waals surface area contributed by atoms with E-state index in [2.05, 4.69) is 42.7 Å². The van der Waals surface area contributed by atoms with Crippen LogP contribution in [0.4, 0.5) is 0 Å². The molecule has 0 aliphatic carbocycles. The van der Waals surface area contributed by atoms with E-state index in [-0.39, 0.29) is 31.4 Å². The smallest absolute Gasteiger partial charge is 0 e. The second kappa shape index (κ2) is 28.0. The summed E-state index contributed by atoms with van der Waals surface area (Å²) in [6.07, 6.45) is 13.9. The molecular formula is C24H50CuLiO4. The van der Waals surface area contributed by atoms with Gasteiger partial charge in [0.2, 0.25) is 0 Å². The first kappa shape index (κ1) is 33.1. The van der Waals surface area contributed by atoms with Gasteiger partial charge in [-0.25, -0.2) is 0 Å². The van der Waals surface area contributed by atoms with Crippen molar-refractivity contribution in [1.82, 2.24) is 0 Å². The van der Waals surface area contributed by atoms with Crippen LogP contribution in [0.1, 0.15) is 105 Å². The zero-order chi connectivity index (χ0) is 21.4. The van der Waals surface area contributed by atoms with E-state index in [0.29, 0.717) is 0 Å². The van der Waals surface area contributed by atoms with Crippen LogP contribution >= 0.6 is 0 Å². The molecule has 30 heavy (non-hydrogen) atoms. The van der Waals surface area contributed by atoms with Crippen molar-refractivity contribution in [3.05, 3.63) is 0 Å². The normalized spacial score (nSPS) is 11.5. The van der Waals surface area contributed by atoms with Crippen molar-refractivity contribution in [2.75, 3.05) is 26.4 Å². The zero-order valence-electron chi connectivity index (χ0n) is 20.8. The first-order valence-corrected chi connectivity index (χ1v) is 13.5. The van der Waals surface area contributed by atoms with Crippen LogP contribution in [0, 0.1) is 0 Å². The number of hydrogen-bond donors (Lipinski definition) is 0. The van der Waals surface area contributed by atoms with Crippen molar-refractivity contribution in [1.29, 1.82) is 0 Å². The third-order valence-electron chi connectivity index (χ3n) is 4.34. The maximum Gasteiger partial charge on any atom is 0 e. The van der Waals surface area contributed by atoms with Gasteiger partial charge in [-0.3, -0.25) is 0 Å². The maximum atomic E-state index is 5.79. The van der Waals surface area contributed by atoms with Crippen molar-refractivity contribution in [3.8, 4) is 0 Å². The summed E-state index contributed by atoms with van der Waals surface area (Å²) in [5, 5.41) is 2.53. The molecule has 0 amide bonds. The molecule has 0 aromatic carbocycles. The summed E-state index contributed by atoms with van der Waals surface area (Å²) in [6.45, 7) is 11.8. The summed E-state index contributed by atoms with van der Waals surface area (Å²) in [4.78, 5) is 0. The Morgan fingerprint density at radius 2 is 0.833 bits per heavy atom. The summed E-state index contributed by atoms with van der Waals surface area (Å²) in [5.41, 5.74) is 0. The second-order valence-electron chi connectivity index (χ2n) is 7.49.